The molecule has 2 amide bonds. The van der Waals surface area contributed by atoms with Gasteiger partial charge in [0.25, 0.3) is 15.9 Å². The van der Waals surface area contributed by atoms with E-state index < -0.39 is 22.0 Å². The van der Waals surface area contributed by atoms with Crippen LogP contribution in [-0.2, 0) is 14.8 Å². The lowest BCUT2D eigenvalue weighted by molar-refractivity contribution is -0.121. The molecule has 1 fully saturated rings. The van der Waals surface area contributed by atoms with Crippen molar-refractivity contribution in [2.24, 2.45) is 5.73 Å². The fourth-order valence-electron chi connectivity index (χ4n) is 3.42. The summed E-state index contributed by atoms with van der Waals surface area (Å²) in [7, 11) is -0.948. The van der Waals surface area contributed by atoms with E-state index in [0.29, 0.717) is 36.4 Å². The van der Waals surface area contributed by atoms with Gasteiger partial charge in [-0.3, -0.25) is 13.9 Å². The van der Waals surface area contributed by atoms with Gasteiger partial charge in [0.15, 0.2) is 0 Å². The second kappa shape index (κ2) is 8.12. The Hall–Kier alpha value is -3.07. The number of anilines is 1. The van der Waals surface area contributed by atoms with Gasteiger partial charge >= 0.3 is 0 Å². The summed E-state index contributed by atoms with van der Waals surface area (Å²) in [6.07, 6.45) is 1.24. The number of hydrogen-bond acceptors (Lipinski definition) is 5. The fourth-order valence-corrected chi connectivity index (χ4v) is 4.62. The number of sulfonamides is 1. The standard InChI is InChI=1S/C20H23N3O5S/c1-22(16-6-3-4-8-18(16)28-2)29(26,27)15-11-9-14(10-12-15)20(25)23-13-5-7-17(23)19(21)24/h3-4,6,8-12,17H,5,7,13H2,1-2H3,(H2,21,24). The van der Waals surface area contributed by atoms with Crippen LogP contribution in [0.25, 0.3) is 0 Å². The van der Waals surface area contributed by atoms with E-state index in [1.165, 1.54) is 43.3 Å². The van der Waals surface area contributed by atoms with Crippen LogP contribution in [0.4, 0.5) is 5.69 Å². The lowest BCUT2D eigenvalue weighted by Gasteiger charge is -2.23. The van der Waals surface area contributed by atoms with E-state index in [0.717, 1.165) is 4.31 Å². The Kier molecular flexibility index (Phi) is 5.78. The van der Waals surface area contributed by atoms with Crippen LogP contribution in [0.5, 0.6) is 5.75 Å². The van der Waals surface area contributed by atoms with E-state index in [2.05, 4.69) is 0 Å². The summed E-state index contributed by atoms with van der Waals surface area (Å²) in [4.78, 5) is 25.7. The van der Waals surface area contributed by atoms with Crippen LogP contribution in [0.1, 0.15) is 23.2 Å². The molecule has 1 aliphatic heterocycles. The number of amides is 2. The number of para-hydroxylation sites is 2. The molecule has 1 atom stereocenters. The Morgan fingerprint density at radius 3 is 2.41 bits per heavy atom. The van der Waals surface area contributed by atoms with Gasteiger partial charge in [0.1, 0.15) is 11.8 Å². The highest BCUT2D eigenvalue weighted by Crippen LogP contribution is 2.31. The highest BCUT2D eigenvalue weighted by molar-refractivity contribution is 7.92. The molecule has 2 N–H and O–H groups in total. The number of hydrogen-bond donors (Lipinski definition) is 1. The summed E-state index contributed by atoms with van der Waals surface area (Å²) < 4.78 is 32.4. The minimum Gasteiger partial charge on any atom is -0.495 e. The second-order valence-corrected chi connectivity index (χ2v) is 8.70. The van der Waals surface area contributed by atoms with Crippen molar-refractivity contribution in [1.29, 1.82) is 0 Å². The van der Waals surface area contributed by atoms with Crippen LogP contribution in [0.2, 0.25) is 0 Å². The van der Waals surface area contributed by atoms with Crippen molar-refractivity contribution < 1.29 is 22.7 Å². The number of benzene rings is 2. The van der Waals surface area contributed by atoms with E-state index in [1.54, 1.807) is 24.3 Å². The van der Waals surface area contributed by atoms with Gasteiger partial charge in [-0.25, -0.2) is 8.42 Å². The molecule has 1 unspecified atom stereocenters. The zero-order valence-electron chi connectivity index (χ0n) is 16.2. The van der Waals surface area contributed by atoms with Crippen LogP contribution < -0.4 is 14.8 Å². The number of nitrogens with zero attached hydrogens (tertiary/aromatic N) is 2. The van der Waals surface area contributed by atoms with Crippen molar-refractivity contribution in [3.63, 3.8) is 0 Å². The molecule has 0 saturated carbocycles. The number of rotatable bonds is 6. The van der Waals surface area contributed by atoms with Crippen LogP contribution in [-0.4, -0.2) is 51.9 Å². The van der Waals surface area contributed by atoms with Crippen LogP contribution in [0, 0.1) is 0 Å². The number of carbonyl (C=O) groups is 2. The minimum atomic E-state index is -3.86. The summed E-state index contributed by atoms with van der Waals surface area (Å²) in [5, 5.41) is 0. The molecule has 0 aromatic heterocycles. The third-order valence-corrected chi connectivity index (χ3v) is 6.81. The van der Waals surface area contributed by atoms with Gasteiger partial charge < -0.3 is 15.4 Å². The lowest BCUT2D eigenvalue weighted by Crippen LogP contribution is -2.43. The topological polar surface area (TPSA) is 110 Å². The van der Waals surface area contributed by atoms with Gasteiger partial charge in [0, 0.05) is 19.2 Å². The largest absolute Gasteiger partial charge is 0.495 e. The maximum atomic E-state index is 13.0. The Morgan fingerprint density at radius 1 is 1.14 bits per heavy atom. The zero-order valence-corrected chi connectivity index (χ0v) is 17.1. The Balaban J connectivity index is 1.85. The molecule has 2 aromatic rings. The number of methoxy groups -OCH3 is 1. The molecule has 0 radical (unpaired) electrons. The van der Waals surface area contributed by atoms with Gasteiger partial charge in [-0.05, 0) is 49.2 Å². The summed E-state index contributed by atoms with van der Waals surface area (Å²) in [5.74, 6) is -0.446. The van der Waals surface area contributed by atoms with Crippen molar-refractivity contribution in [3.8, 4) is 5.75 Å². The van der Waals surface area contributed by atoms with Gasteiger partial charge in [-0.2, -0.15) is 0 Å². The highest BCUT2D eigenvalue weighted by atomic mass is 32.2. The number of primary amides is 1. The first-order valence-corrected chi connectivity index (χ1v) is 10.5. The van der Waals surface area contributed by atoms with Crippen LogP contribution >= 0.6 is 0 Å². The number of likely N-dealkylation sites (tertiary alicyclic amines) is 1. The number of ether oxygens (including phenoxy) is 1. The van der Waals surface area contributed by atoms with Crippen molar-refractivity contribution in [2.45, 2.75) is 23.8 Å². The van der Waals surface area contributed by atoms with E-state index in [9.17, 15) is 18.0 Å². The predicted octanol–water partition coefficient (Wildman–Crippen LogP) is 1.61. The molecule has 1 aliphatic rings. The molecule has 0 bridgehead atoms. The van der Waals surface area contributed by atoms with E-state index in [1.807, 2.05) is 0 Å². The first kappa shape index (κ1) is 20.7. The Bertz CT molecular complexity index is 1020. The van der Waals surface area contributed by atoms with Gasteiger partial charge in [-0.1, -0.05) is 12.1 Å². The van der Waals surface area contributed by atoms with Gasteiger partial charge in [0.05, 0.1) is 17.7 Å². The maximum absolute atomic E-state index is 13.0. The molecule has 0 spiro atoms. The molecular formula is C20H23N3O5S. The minimum absolute atomic E-state index is 0.0373. The fraction of sp³-hybridized carbons (Fsp3) is 0.300. The molecule has 2 aromatic carbocycles. The quantitative estimate of drug-likeness (QED) is 0.768. The molecule has 0 aliphatic carbocycles. The van der Waals surface area contributed by atoms with Crippen molar-refractivity contribution >= 4 is 27.5 Å². The zero-order chi connectivity index (χ0) is 21.2. The molecule has 1 saturated heterocycles. The smallest absolute Gasteiger partial charge is 0.264 e. The monoisotopic (exact) mass is 417 g/mol. The SMILES string of the molecule is COc1ccccc1N(C)S(=O)(=O)c1ccc(C(=O)N2CCCC2C(N)=O)cc1. The molecule has 3 rings (SSSR count). The lowest BCUT2D eigenvalue weighted by atomic mass is 10.1. The molecule has 154 valence electrons. The molecule has 29 heavy (non-hydrogen) atoms. The van der Waals surface area contributed by atoms with Gasteiger partial charge in [-0.15, -0.1) is 0 Å². The van der Waals surface area contributed by atoms with E-state index in [-0.39, 0.29) is 10.8 Å². The number of carbonyl (C=O) groups excluding carboxylic acids is 2. The first-order valence-electron chi connectivity index (χ1n) is 9.09. The second-order valence-electron chi connectivity index (χ2n) is 6.73. The molecule has 9 heteroatoms. The number of nitrogens with two attached hydrogens (primary N) is 1. The molecule has 1 heterocycles. The normalized spacial score (nSPS) is 16.5. The van der Waals surface area contributed by atoms with E-state index in [4.69, 9.17) is 10.5 Å². The van der Waals surface area contributed by atoms with Crippen molar-refractivity contribution in [3.05, 3.63) is 54.1 Å². The van der Waals surface area contributed by atoms with Crippen molar-refractivity contribution in [1.82, 2.24) is 4.90 Å². The van der Waals surface area contributed by atoms with Crippen molar-refractivity contribution in [2.75, 3.05) is 25.0 Å². The van der Waals surface area contributed by atoms with Gasteiger partial charge in [0.2, 0.25) is 5.91 Å². The third-order valence-electron chi connectivity index (χ3n) is 5.03. The summed E-state index contributed by atoms with van der Waals surface area (Å²) in [6, 6.07) is 11.8. The van der Waals surface area contributed by atoms with E-state index >= 15 is 0 Å². The summed E-state index contributed by atoms with van der Waals surface area (Å²) in [6.45, 7) is 0.447. The highest BCUT2D eigenvalue weighted by Gasteiger charge is 2.33. The van der Waals surface area contributed by atoms with Crippen LogP contribution in [0.15, 0.2) is 53.4 Å². The maximum Gasteiger partial charge on any atom is 0.264 e. The summed E-state index contributed by atoms with van der Waals surface area (Å²) >= 11 is 0. The molecule has 8 nitrogen and oxygen atoms in total. The predicted molar refractivity (Wildman–Crippen MR) is 108 cm³/mol. The molecular weight excluding hydrogens is 394 g/mol. The third kappa shape index (κ3) is 3.91. The van der Waals surface area contributed by atoms with Crippen LogP contribution in [0.3, 0.4) is 0 Å². The average Bonchev–Trinajstić information content (AvgIpc) is 3.23. The Labute approximate surface area is 169 Å². The first-order chi connectivity index (χ1) is 13.8. The average molecular weight is 417 g/mol. The summed E-state index contributed by atoms with van der Waals surface area (Å²) in [5.41, 5.74) is 6.07. The Morgan fingerprint density at radius 2 is 1.79 bits per heavy atom.